The Morgan fingerprint density at radius 3 is 2.47 bits per heavy atom. The van der Waals surface area contributed by atoms with E-state index in [1.165, 1.54) is 18.3 Å². The second kappa shape index (κ2) is 9.59. The lowest BCUT2D eigenvalue weighted by atomic mass is 9.72. The zero-order chi connectivity index (χ0) is 25.2. The molecule has 1 aromatic heterocycles. The molecule has 3 aromatic carbocycles. The number of fused-ring (bicyclic) bond motifs is 1. The molecule has 1 fully saturated rings. The first-order valence-corrected chi connectivity index (χ1v) is 11.5. The molecule has 0 unspecified atom stereocenters. The van der Waals surface area contributed by atoms with Crippen molar-refractivity contribution in [2.24, 2.45) is 5.92 Å². The number of nitrogens with one attached hydrogen (secondary N) is 1. The van der Waals surface area contributed by atoms with E-state index in [0.29, 0.717) is 44.3 Å². The SMILES string of the molecule is N#Cc1ccc(/C(=C(\c2ccc(/C=C/C(=O)O)cc2)c2ccc3[nH]ncc3c2F)C2CCC2)c(F)c1. The molecule has 5 nitrogen and oxygen atoms in total. The number of allylic oxidation sites excluding steroid dienone is 1. The summed E-state index contributed by atoms with van der Waals surface area (Å²) in [7, 11) is 0. The van der Waals surface area contributed by atoms with Crippen LogP contribution < -0.4 is 0 Å². The molecule has 0 aliphatic heterocycles. The van der Waals surface area contributed by atoms with Gasteiger partial charge in [-0.15, -0.1) is 0 Å². The van der Waals surface area contributed by atoms with Crippen molar-refractivity contribution in [1.29, 1.82) is 5.26 Å². The van der Waals surface area contributed by atoms with E-state index in [9.17, 15) is 10.1 Å². The molecule has 1 aliphatic carbocycles. The Morgan fingerprint density at radius 1 is 1.08 bits per heavy atom. The quantitative estimate of drug-likeness (QED) is 0.241. The van der Waals surface area contributed by atoms with Crippen LogP contribution in [0.3, 0.4) is 0 Å². The molecule has 0 radical (unpaired) electrons. The van der Waals surface area contributed by atoms with Crippen molar-refractivity contribution in [3.05, 3.63) is 106 Å². The Labute approximate surface area is 206 Å². The first-order valence-electron chi connectivity index (χ1n) is 11.5. The number of benzene rings is 3. The van der Waals surface area contributed by atoms with Gasteiger partial charge in [0.15, 0.2) is 0 Å². The minimum atomic E-state index is -1.06. The largest absolute Gasteiger partial charge is 0.478 e. The third-order valence-electron chi connectivity index (χ3n) is 6.62. The van der Waals surface area contributed by atoms with Gasteiger partial charge in [-0.1, -0.05) is 36.8 Å². The van der Waals surface area contributed by atoms with E-state index in [-0.39, 0.29) is 11.5 Å². The van der Waals surface area contributed by atoms with Crippen LogP contribution in [-0.4, -0.2) is 21.3 Å². The highest BCUT2D eigenvalue weighted by molar-refractivity contribution is 6.01. The van der Waals surface area contributed by atoms with Crippen molar-refractivity contribution in [2.75, 3.05) is 0 Å². The zero-order valence-corrected chi connectivity index (χ0v) is 19.1. The molecule has 0 atom stereocenters. The molecule has 1 aliphatic rings. The molecule has 178 valence electrons. The molecule has 7 heteroatoms. The van der Waals surface area contributed by atoms with Crippen LogP contribution in [0.4, 0.5) is 8.78 Å². The Bertz CT molecular complexity index is 1570. The maximum absolute atomic E-state index is 15.9. The fourth-order valence-corrected chi connectivity index (χ4v) is 4.62. The van der Waals surface area contributed by atoms with Crippen LogP contribution in [0.1, 0.15) is 47.1 Å². The fraction of sp³-hybridized carbons (Fsp3) is 0.138. The van der Waals surface area contributed by atoms with Crippen molar-refractivity contribution < 1.29 is 18.7 Å². The number of aromatic nitrogens is 2. The average Bonchev–Trinajstić information content (AvgIpc) is 3.33. The Balaban J connectivity index is 1.79. The predicted molar refractivity (Wildman–Crippen MR) is 134 cm³/mol. The number of aromatic amines is 1. The number of nitriles is 1. The number of H-pyrrole nitrogens is 1. The van der Waals surface area contributed by atoms with Crippen LogP contribution in [0.25, 0.3) is 28.1 Å². The minimum absolute atomic E-state index is 0.0217. The van der Waals surface area contributed by atoms with Gasteiger partial charge in [0.05, 0.1) is 28.7 Å². The van der Waals surface area contributed by atoms with E-state index < -0.39 is 17.6 Å². The lowest BCUT2D eigenvalue weighted by Crippen LogP contribution is -2.16. The molecular weight excluding hydrogens is 460 g/mol. The lowest BCUT2D eigenvalue weighted by molar-refractivity contribution is -0.131. The van der Waals surface area contributed by atoms with Gasteiger partial charge in [0.1, 0.15) is 11.6 Å². The first-order chi connectivity index (χ1) is 17.5. The van der Waals surface area contributed by atoms with Gasteiger partial charge < -0.3 is 5.11 Å². The topological polar surface area (TPSA) is 89.8 Å². The summed E-state index contributed by atoms with van der Waals surface area (Å²) < 4.78 is 31.3. The number of hydrogen-bond acceptors (Lipinski definition) is 3. The van der Waals surface area contributed by atoms with E-state index in [1.807, 2.05) is 6.07 Å². The number of nitrogens with zero attached hydrogens (tertiary/aromatic N) is 2. The average molecular weight is 482 g/mol. The number of carbonyl (C=O) groups is 1. The standard InChI is InChI=1S/C29H21F2N3O2/c30-24-14-18(15-32)6-10-21(24)27(19-2-1-3-19)28(20-8-4-17(5-9-20)7-13-26(35)36)22-11-12-25-23(29(22)31)16-33-34-25/h4-14,16,19H,1-3H2,(H,33,34)(H,35,36)/b13-7+,28-27+. The zero-order valence-electron chi connectivity index (χ0n) is 19.1. The van der Waals surface area contributed by atoms with Crippen molar-refractivity contribution >= 4 is 34.1 Å². The number of carboxylic acid groups (broad SMARTS) is 1. The van der Waals surface area contributed by atoms with Gasteiger partial charge in [-0.3, -0.25) is 5.10 Å². The molecule has 4 aromatic rings. The van der Waals surface area contributed by atoms with Crippen LogP contribution in [-0.2, 0) is 4.79 Å². The first kappa shape index (κ1) is 23.2. The van der Waals surface area contributed by atoms with Gasteiger partial charge >= 0.3 is 5.97 Å². The summed E-state index contributed by atoms with van der Waals surface area (Å²) in [5.41, 5.74) is 4.04. The highest BCUT2D eigenvalue weighted by atomic mass is 19.1. The van der Waals surface area contributed by atoms with Crippen LogP contribution in [0.5, 0.6) is 0 Å². The van der Waals surface area contributed by atoms with Gasteiger partial charge in [-0.05, 0) is 71.4 Å². The van der Waals surface area contributed by atoms with E-state index in [4.69, 9.17) is 5.11 Å². The van der Waals surface area contributed by atoms with Crippen LogP contribution in [0.15, 0.2) is 66.9 Å². The predicted octanol–water partition coefficient (Wildman–Crippen LogP) is 6.57. The summed E-state index contributed by atoms with van der Waals surface area (Å²) in [4.78, 5) is 10.9. The Morgan fingerprint density at radius 2 is 1.83 bits per heavy atom. The monoisotopic (exact) mass is 481 g/mol. The van der Waals surface area contributed by atoms with Gasteiger partial charge in [0, 0.05) is 17.2 Å². The summed E-state index contributed by atoms with van der Waals surface area (Å²) in [5, 5.41) is 25.2. The van der Waals surface area contributed by atoms with Crippen molar-refractivity contribution in [2.45, 2.75) is 19.3 Å². The van der Waals surface area contributed by atoms with Gasteiger partial charge in [0.25, 0.3) is 0 Å². The van der Waals surface area contributed by atoms with E-state index in [1.54, 1.807) is 48.5 Å². The summed E-state index contributed by atoms with van der Waals surface area (Å²) in [6, 6.07) is 16.8. The number of hydrogen-bond donors (Lipinski definition) is 2. The molecule has 0 spiro atoms. The van der Waals surface area contributed by atoms with Gasteiger partial charge in [-0.25, -0.2) is 13.6 Å². The number of rotatable bonds is 6. The van der Waals surface area contributed by atoms with Crippen LogP contribution in [0.2, 0.25) is 0 Å². The van der Waals surface area contributed by atoms with E-state index in [0.717, 1.165) is 25.3 Å². The minimum Gasteiger partial charge on any atom is -0.478 e. The van der Waals surface area contributed by atoms with Gasteiger partial charge in [-0.2, -0.15) is 10.4 Å². The van der Waals surface area contributed by atoms with E-state index in [2.05, 4.69) is 10.2 Å². The van der Waals surface area contributed by atoms with Gasteiger partial charge in [0.2, 0.25) is 0 Å². The molecule has 1 heterocycles. The second-order valence-electron chi connectivity index (χ2n) is 8.77. The van der Waals surface area contributed by atoms with Crippen LogP contribution in [0, 0.1) is 28.9 Å². The fourth-order valence-electron chi connectivity index (χ4n) is 4.62. The summed E-state index contributed by atoms with van der Waals surface area (Å²) in [6.45, 7) is 0. The number of aliphatic carboxylic acids is 1. The second-order valence-corrected chi connectivity index (χ2v) is 8.77. The maximum Gasteiger partial charge on any atom is 0.328 e. The van der Waals surface area contributed by atoms with Crippen molar-refractivity contribution in [3.63, 3.8) is 0 Å². The molecule has 0 bridgehead atoms. The van der Waals surface area contributed by atoms with E-state index >= 15 is 8.78 Å². The summed E-state index contributed by atoms with van der Waals surface area (Å²) >= 11 is 0. The van der Waals surface area contributed by atoms with Crippen LogP contribution >= 0.6 is 0 Å². The molecule has 36 heavy (non-hydrogen) atoms. The Kier molecular flexibility index (Phi) is 6.17. The third-order valence-corrected chi connectivity index (χ3v) is 6.62. The highest BCUT2D eigenvalue weighted by Gasteiger charge is 2.30. The summed E-state index contributed by atoms with van der Waals surface area (Å²) in [5.74, 6) is -2.02. The maximum atomic E-state index is 15.9. The van der Waals surface area contributed by atoms with Crippen molar-refractivity contribution in [3.8, 4) is 6.07 Å². The molecule has 2 N–H and O–H groups in total. The highest BCUT2D eigenvalue weighted by Crippen LogP contribution is 2.46. The molecule has 5 rings (SSSR count). The molecular formula is C29H21F2N3O2. The number of halogens is 2. The lowest BCUT2D eigenvalue weighted by Gasteiger charge is -2.32. The summed E-state index contributed by atoms with van der Waals surface area (Å²) in [6.07, 6.45) is 6.61. The number of carboxylic acids is 1. The smallest absolute Gasteiger partial charge is 0.328 e. The molecule has 1 saturated carbocycles. The van der Waals surface area contributed by atoms with Crippen molar-refractivity contribution in [1.82, 2.24) is 10.2 Å². The third kappa shape index (κ3) is 4.29. The molecule has 0 saturated heterocycles. The Hall–Kier alpha value is -4.57. The molecule has 0 amide bonds. The normalized spacial score (nSPS) is 14.5.